The van der Waals surface area contributed by atoms with Gasteiger partial charge in [0.25, 0.3) is 0 Å². The van der Waals surface area contributed by atoms with Gasteiger partial charge in [0.15, 0.2) is 0 Å². The lowest BCUT2D eigenvalue weighted by Crippen LogP contribution is -2.24. The fourth-order valence-corrected chi connectivity index (χ4v) is 3.13. The summed E-state index contributed by atoms with van der Waals surface area (Å²) in [5.41, 5.74) is 4.39. The Balaban J connectivity index is 1.73. The van der Waals surface area contributed by atoms with Gasteiger partial charge >= 0.3 is 5.97 Å². The van der Waals surface area contributed by atoms with Gasteiger partial charge in [-0.05, 0) is 37.1 Å². The van der Waals surface area contributed by atoms with Crippen LogP contribution in [0.2, 0.25) is 0 Å². The Morgan fingerprint density at radius 3 is 2.64 bits per heavy atom. The lowest BCUT2D eigenvalue weighted by atomic mass is 10.1. The lowest BCUT2D eigenvalue weighted by molar-refractivity contribution is 0.0527. The van der Waals surface area contributed by atoms with E-state index in [0.29, 0.717) is 25.3 Å². The number of ether oxygens (including phenoxy) is 1. The molecule has 5 heteroatoms. The van der Waals surface area contributed by atoms with Gasteiger partial charge in [-0.2, -0.15) is 0 Å². The normalized spacial score (nSPS) is 11.8. The van der Waals surface area contributed by atoms with Gasteiger partial charge in [0.2, 0.25) is 0 Å². The number of hydrogen-bond acceptors (Lipinski definition) is 4. The summed E-state index contributed by atoms with van der Waals surface area (Å²) in [6, 6.07) is 17.7. The first kappa shape index (κ1) is 19.7. The van der Waals surface area contributed by atoms with Crippen molar-refractivity contribution in [3.63, 3.8) is 0 Å². The number of rotatable bonds is 8. The summed E-state index contributed by atoms with van der Waals surface area (Å²) >= 11 is 0. The number of nitrogens with zero attached hydrogens (tertiary/aromatic N) is 1. The Morgan fingerprint density at radius 1 is 1.14 bits per heavy atom. The van der Waals surface area contributed by atoms with Crippen molar-refractivity contribution in [3.05, 3.63) is 78.1 Å². The van der Waals surface area contributed by atoms with E-state index in [9.17, 15) is 9.90 Å². The third-order valence-corrected chi connectivity index (χ3v) is 4.44. The maximum Gasteiger partial charge on any atom is 0.340 e. The summed E-state index contributed by atoms with van der Waals surface area (Å²) in [5.74, 6) is -0.354. The second kappa shape index (κ2) is 9.24. The molecule has 0 aliphatic rings. The summed E-state index contributed by atoms with van der Waals surface area (Å²) in [6.07, 6.45) is 3.03. The van der Waals surface area contributed by atoms with Crippen molar-refractivity contribution in [2.24, 2.45) is 0 Å². The van der Waals surface area contributed by atoms with Gasteiger partial charge in [0, 0.05) is 36.7 Å². The summed E-state index contributed by atoms with van der Waals surface area (Å²) in [6.45, 7) is 4.93. The molecule has 1 atom stereocenters. The third-order valence-electron chi connectivity index (χ3n) is 4.44. The van der Waals surface area contributed by atoms with Gasteiger partial charge < -0.3 is 19.7 Å². The molecule has 0 aliphatic heterocycles. The van der Waals surface area contributed by atoms with E-state index in [2.05, 4.69) is 5.32 Å². The van der Waals surface area contributed by atoms with Crippen LogP contribution in [0.4, 0.5) is 5.69 Å². The molecule has 2 aromatic carbocycles. The Kier molecular flexibility index (Phi) is 6.50. The van der Waals surface area contributed by atoms with Crippen molar-refractivity contribution < 1.29 is 14.6 Å². The minimum atomic E-state index is -0.605. The van der Waals surface area contributed by atoms with Crippen LogP contribution in [0.3, 0.4) is 0 Å². The van der Waals surface area contributed by atoms with Crippen molar-refractivity contribution in [2.45, 2.75) is 26.5 Å². The molecular formula is C23H26N2O3. The summed E-state index contributed by atoms with van der Waals surface area (Å²) < 4.78 is 7.04. The minimum absolute atomic E-state index is 0.321. The second-order valence-electron chi connectivity index (χ2n) is 6.77. The largest absolute Gasteiger partial charge is 0.462 e. The SMILES string of the molecule is CCOC(=O)c1cn(CC(O)CNc2cccc(C)c2)cc1-c1ccccc1. The van der Waals surface area contributed by atoms with E-state index in [0.717, 1.165) is 22.4 Å². The highest BCUT2D eigenvalue weighted by molar-refractivity contribution is 5.97. The lowest BCUT2D eigenvalue weighted by Gasteiger charge is -2.14. The molecule has 0 saturated carbocycles. The predicted octanol–water partition coefficient (Wildman–Crippen LogP) is 4.11. The molecule has 0 bridgehead atoms. The molecule has 1 heterocycles. The molecule has 3 aromatic rings. The molecule has 0 radical (unpaired) electrons. The maximum absolute atomic E-state index is 12.4. The molecule has 0 amide bonds. The number of nitrogens with one attached hydrogen (secondary N) is 1. The molecule has 2 N–H and O–H groups in total. The fourth-order valence-electron chi connectivity index (χ4n) is 3.13. The number of carbonyl (C=O) groups is 1. The Hall–Kier alpha value is -3.05. The summed E-state index contributed by atoms with van der Waals surface area (Å²) in [7, 11) is 0. The topological polar surface area (TPSA) is 63.5 Å². The molecule has 0 fully saturated rings. The Bertz CT molecular complexity index is 919. The zero-order chi connectivity index (χ0) is 19.9. The number of esters is 1. The van der Waals surface area contributed by atoms with Gasteiger partial charge in [0.1, 0.15) is 0 Å². The second-order valence-corrected chi connectivity index (χ2v) is 6.77. The van der Waals surface area contributed by atoms with Crippen LogP contribution in [-0.4, -0.2) is 34.9 Å². The van der Waals surface area contributed by atoms with E-state index >= 15 is 0 Å². The zero-order valence-corrected chi connectivity index (χ0v) is 16.3. The van der Waals surface area contributed by atoms with Crippen molar-refractivity contribution >= 4 is 11.7 Å². The zero-order valence-electron chi connectivity index (χ0n) is 16.3. The molecule has 3 rings (SSSR count). The number of aryl methyl sites for hydroxylation is 1. The first-order chi connectivity index (χ1) is 13.6. The average Bonchev–Trinajstić information content (AvgIpc) is 3.11. The quantitative estimate of drug-likeness (QED) is 0.579. The monoisotopic (exact) mass is 378 g/mol. The number of aromatic nitrogens is 1. The van der Waals surface area contributed by atoms with Crippen LogP contribution >= 0.6 is 0 Å². The first-order valence-electron chi connectivity index (χ1n) is 9.47. The highest BCUT2D eigenvalue weighted by Gasteiger charge is 2.18. The van der Waals surface area contributed by atoms with Crippen LogP contribution in [0.25, 0.3) is 11.1 Å². The van der Waals surface area contributed by atoms with Gasteiger partial charge in [-0.25, -0.2) is 4.79 Å². The van der Waals surface area contributed by atoms with E-state index in [1.54, 1.807) is 13.1 Å². The molecule has 0 saturated heterocycles. The smallest absolute Gasteiger partial charge is 0.340 e. The molecule has 28 heavy (non-hydrogen) atoms. The van der Waals surface area contributed by atoms with Crippen LogP contribution in [0.15, 0.2) is 67.0 Å². The Labute approximate surface area is 165 Å². The van der Waals surface area contributed by atoms with Crippen LogP contribution in [0, 0.1) is 6.92 Å². The van der Waals surface area contributed by atoms with E-state index in [4.69, 9.17) is 4.74 Å². The third kappa shape index (κ3) is 5.02. The van der Waals surface area contributed by atoms with E-state index in [1.165, 1.54) is 0 Å². The van der Waals surface area contributed by atoms with Crippen LogP contribution in [0.5, 0.6) is 0 Å². The number of hydrogen-bond donors (Lipinski definition) is 2. The number of aliphatic hydroxyl groups is 1. The highest BCUT2D eigenvalue weighted by atomic mass is 16.5. The fraction of sp³-hybridized carbons (Fsp3) is 0.261. The summed E-state index contributed by atoms with van der Waals surface area (Å²) in [4.78, 5) is 12.4. The Morgan fingerprint density at radius 2 is 1.93 bits per heavy atom. The molecule has 1 aromatic heterocycles. The average molecular weight is 378 g/mol. The minimum Gasteiger partial charge on any atom is -0.462 e. The number of carbonyl (C=O) groups excluding carboxylic acids is 1. The standard InChI is InChI=1S/C23H26N2O3/c1-3-28-23(27)22-16-25(15-21(22)18-9-5-4-6-10-18)14-20(26)13-24-19-11-7-8-17(2)12-19/h4-12,15-16,20,24,26H,3,13-14H2,1-2H3. The molecule has 1 unspecified atom stereocenters. The number of benzene rings is 2. The predicted molar refractivity (Wildman–Crippen MR) is 112 cm³/mol. The van der Waals surface area contributed by atoms with Crippen molar-refractivity contribution in [3.8, 4) is 11.1 Å². The van der Waals surface area contributed by atoms with Crippen LogP contribution in [-0.2, 0) is 11.3 Å². The first-order valence-corrected chi connectivity index (χ1v) is 9.47. The molecule has 5 nitrogen and oxygen atoms in total. The number of aliphatic hydroxyl groups excluding tert-OH is 1. The maximum atomic E-state index is 12.4. The van der Waals surface area contributed by atoms with Crippen LogP contribution < -0.4 is 5.32 Å². The summed E-state index contributed by atoms with van der Waals surface area (Å²) in [5, 5.41) is 13.7. The van der Waals surface area contributed by atoms with E-state index in [-0.39, 0.29) is 5.97 Å². The van der Waals surface area contributed by atoms with Gasteiger partial charge in [-0.15, -0.1) is 0 Å². The van der Waals surface area contributed by atoms with Crippen molar-refractivity contribution in [1.29, 1.82) is 0 Å². The van der Waals surface area contributed by atoms with Crippen molar-refractivity contribution in [2.75, 3.05) is 18.5 Å². The van der Waals surface area contributed by atoms with Gasteiger partial charge in [0.05, 0.1) is 18.3 Å². The van der Waals surface area contributed by atoms with Gasteiger partial charge in [-0.1, -0.05) is 42.5 Å². The highest BCUT2D eigenvalue weighted by Crippen LogP contribution is 2.25. The van der Waals surface area contributed by atoms with Gasteiger partial charge in [-0.3, -0.25) is 0 Å². The molecule has 0 aliphatic carbocycles. The molecular weight excluding hydrogens is 352 g/mol. The van der Waals surface area contributed by atoms with E-state index < -0.39 is 6.10 Å². The molecule has 146 valence electrons. The molecule has 0 spiro atoms. The number of anilines is 1. The van der Waals surface area contributed by atoms with Crippen molar-refractivity contribution in [1.82, 2.24) is 4.57 Å². The van der Waals surface area contributed by atoms with Crippen LogP contribution in [0.1, 0.15) is 22.8 Å². The van der Waals surface area contributed by atoms with E-state index in [1.807, 2.05) is 72.3 Å².